The number of carbonyl (C=O) groups is 2. The van der Waals surface area contributed by atoms with Gasteiger partial charge in [-0.15, -0.1) is 11.3 Å². The van der Waals surface area contributed by atoms with Crippen molar-refractivity contribution in [2.75, 3.05) is 16.9 Å². The molecule has 7 heteroatoms. The van der Waals surface area contributed by atoms with Crippen molar-refractivity contribution in [1.29, 1.82) is 0 Å². The number of rotatable bonds is 12. The smallest absolute Gasteiger partial charge is 0.326 e. The predicted octanol–water partition coefficient (Wildman–Crippen LogP) is 7.17. The molecule has 4 rings (SSSR count). The summed E-state index contributed by atoms with van der Waals surface area (Å²) in [6.45, 7) is 5.56. The Morgan fingerprint density at radius 3 is 2.31 bits per heavy atom. The summed E-state index contributed by atoms with van der Waals surface area (Å²) in [6, 6.07) is 25.5. The van der Waals surface area contributed by atoms with Gasteiger partial charge in [-0.05, 0) is 89.2 Å². The molecule has 0 aliphatic heterocycles. The van der Waals surface area contributed by atoms with E-state index in [1.165, 1.54) is 16.1 Å². The Balaban J connectivity index is 1.70. The molecule has 39 heavy (non-hydrogen) atoms. The first-order valence-corrected chi connectivity index (χ1v) is 15.2. The molecule has 202 valence electrons. The third-order valence-corrected chi connectivity index (χ3v) is 8.35. The number of carboxylic acids is 1. The second kappa shape index (κ2) is 13.5. The van der Waals surface area contributed by atoms with Crippen LogP contribution in [0.1, 0.15) is 39.0 Å². The van der Waals surface area contributed by atoms with Gasteiger partial charge >= 0.3 is 5.97 Å². The molecule has 5 nitrogen and oxygen atoms in total. The van der Waals surface area contributed by atoms with Crippen molar-refractivity contribution in [3.05, 3.63) is 112 Å². The van der Waals surface area contributed by atoms with Gasteiger partial charge in [0.05, 0.1) is 5.00 Å². The van der Waals surface area contributed by atoms with Gasteiger partial charge in [0.1, 0.15) is 6.04 Å². The van der Waals surface area contributed by atoms with Crippen molar-refractivity contribution in [3.63, 3.8) is 0 Å². The van der Waals surface area contributed by atoms with Gasteiger partial charge in [0.2, 0.25) is 0 Å². The molecule has 3 aromatic carbocycles. The minimum atomic E-state index is -1.02. The van der Waals surface area contributed by atoms with E-state index in [9.17, 15) is 14.7 Å². The third-order valence-electron chi connectivity index (χ3n) is 6.60. The Labute approximate surface area is 238 Å². The molecule has 0 radical (unpaired) electrons. The van der Waals surface area contributed by atoms with E-state index in [0.29, 0.717) is 24.3 Å². The highest BCUT2D eigenvalue weighted by Gasteiger charge is 2.23. The number of nitrogens with zero attached hydrogens (tertiary/aromatic N) is 1. The lowest BCUT2D eigenvalue weighted by Gasteiger charge is -2.24. The maximum Gasteiger partial charge on any atom is 0.326 e. The van der Waals surface area contributed by atoms with Crippen LogP contribution in [0.2, 0.25) is 0 Å². The number of thioether (sulfide) groups is 1. The molecular weight excluding hydrogens is 524 g/mol. The van der Waals surface area contributed by atoms with Crippen LogP contribution < -0.4 is 10.2 Å². The minimum absolute atomic E-state index is 0.370. The van der Waals surface area contributed by atoms with Crippen LogP contribution in [0, 0.1) is 13.8 Å². The van der Waals surface area contributed by atoms with Crippen molar-refractivity contribution >= 4 is 40.0 Å². The summed E-state index contributed by atoms with van der Waals surface area (Å²) in [5, 5.41) is 15.8. The number of hydrogen-bond donors (Lipinski definition) is 2. The highest BCUT2D eigenvalue weighted by molar-refractivity contribution is 7.98. The lowest BCUT2D eigenvalue weighted by molar-refractivity contribution is -0.139. The van der Waals surface area contributed by atoms with Gasteiger partial charge in [0, 0.05) is 18.7 Å². The Bertz CT molecular complexity index is 1420. The van der Waals surface area contributed by atoms with Gasteiger partial charge in [-0.3, -0.25) is 4.79 Å². The summed E-state index contributed by atoms with van der Waals surface area (Å²) >= 11 is 3.29. The molecule has 0 fully saturated rings. The average molecular weight is 559 g/mol. The van der Waals surface area contributed by atoms with Gasteiger partial charge in [-0.1, -0.05) is 60.7 Å². The fraction of sp³-hybridized carbons (Fsp3) is 0.250. The first-order chi connectivity index (χ1) is 18.9. The molecule has 0 aliphatic rings. The van der Waals surface area contributed by atoms with E-state index in [1.807, 2.05) is 55.6 Å². The first kappa shape index (κ1) is 28.5. The number of aryl methyl sites for hydroxylation is 2. The number of nitrogens with one attached hydrogen (secondary N) is 1. The highest BCUT2D eigenvalue weighted by atomic mass is 32.2. The molecule has 2 N–H and O–H groups in total. The van der Waals surface area contributed by atoms with Crippen LogP contribution >= 0.6 is 23.1 Å². The predicted molar refractivity (Wildman–Crippen MR) is 164 cm³/mol. The molecule has 0 saturated carbocycles. The summed E-state index contributed by atoms with van der Waals surface area (Å²) in [7, 11) is 0. The van der Waals surface area contributed by atoms with Gasteiger partial charge in [-0.2, -0.15) is 11.8 Å². The quantitative estimate of drug-likeness (QED) is 0.193. The molecule has 0 bridgehead atoms. The van der Waals surface area contributed by atoms with Crippen LogP contribution in [0.15, 0.2) is 84.2 Å². The van der Waals surface area contributed by atoms with E-state index in [1.54, 1.807) is 23.1 Å². The molecule has 1 atom stereocenters. The van der Waals surface area contributed by atoms with Crippen LogP contribution in [-0.4, -0.2) is 35.0 Å². The molecule has 1 heterocycles. The Kier molecular flexibility index (Phi) is 9.85. The number of aliphatic carboxylic acids is 1. The fourth-order valence-corrected chi connectivity index (χ4v) is 5.91. The lowest BCUT2D eigenvalue weighted by atomic mass is 9.93. The second-order valence-corrected chi connectivity index (χ2v) is 11.5. The Hall–Kier alpha value is -3.55. The Morgan fingerprint density at radius 2 is 1.64 bits per heavy atom. The van der Waals surface area contributed by atoms with Crippen molar-refractivity contribution in [1.82, 2.24) is 5.32 Å². The van der Waals surface area contributed by atoms with E-state index in [2.05, 4.69) is 58.9 Å². The maximum atomic E-state index is 13.4. The minimum Gasteiger partial charge on any atom is -0.480 e. The average Bonchev–Trinajstić information content (AvgIpc) is 3.37. The largest absolute Gasteiger partial charge is 0.480 e. The van der Waals surface area contributed by atoms with E-state index >= 15 is 0 Å². The van der Waals surface area contributed by atoms with Crippen LogP contribution in [0.5, 0.6) is 0 Å². The lowest BCUT2D eigenvalue weighted by Crippen LogP contribution is -2.41. The number of hydrogen-bond acceptors (Lipinski definition) is 5. The molecule has 0 aliphatic carbocycles. The third kappa shape index (κ3) is 7.52. The SMILES string of the molecule is CSCC[C@H](NC(=O)c1ccc(CN(Cc2ccccc2)c2cc(C)cs2)cc1-c1ccccc1C)C(=O)O. The highest BCUT2D eigenvalue weighted by Crippen LogP contribution is 2.31. The monoisotopic (exact) mass is 558 g/mol. The number of amides is 1. The molecule has 0 saturated heterocycles. The first-order valence-electron chi connectivity index (χ1n) is 12.9. The number of carbonyl (C=O) groups excluding carboxylic acids is 1. The number of thiophene rings is 1. The standard InChI is InChI=1S/C32H34N2O3S2/c1-22-17-30(39-21-22)34(19-24-10-5-4-6-11-24)20-25-13-14-27(28(18-25)26-12-8-7-9-23(26)2)31(35)33-29(32(36)37)15-16-38-3/h4-14,17-18,21,29H,15-16,19-20H2,1-3H3,(H,33,35)(H,36,37)/t29-/m0/s1. The molecule has 0 unspecified atom stereocenters. The summed E-state index contributed by atoms with van der Waals surface area (Å²) in [5.41, 5.74) is 6.82. The normalized spacial score (nSPS) is 11.7. The number of benzene rings is 3. The summed E-state index contributed by atoms with van der Waals surface area (Å²) in [4.78, 5) is 27.6. The van der Waals surface area contributed by atoms with Crippen LogP contribution in [-0.2, 0) is 17.9 Å². The number of anilines is 1. The summed E-state index contributed by atoms with van der Waals surface area (Å²) < 4.78 is 0. The van der Waals surface area contributed by atoms with Crippen molar-refractivity contribution in [2.24, 2.45) is 0 Å². The second-order valence-electron chi connectivity index (χ2n) is 9.64. The number of carboxylic acid groups (broad SMARTS) is 1. The molecule has 0 spiro atoms. The fourth-order valence-electron chi connectivity index (χ4n) is 4.53. The zero-order valence-electron chi connectivity index (χ0n) is 22.5. The van der Waals surface area contributed by atoms with E-state index in [-0.39, 0.29) is 5.91 Å². The Morgan fingerprint density at radius 1 is 0.923 bits per heavy atom. The van der Waals surface area contributed by atoms with Crippen molar-refractivity contribution < 1.29 is 14.7 Å². The van der Waals surface area contributed by atoms with Crippen LogP contribution in [0.25, 0.3) is 11.1 Å². The topological polar surface area (TPSA) is 69.6 Å². The van der Waals surface area contributed by atoms with Gasteiger partial charge in [0.25, 0.3) is 5.91 Å². The van der Waals surface area contributed by atoms with E-state index in [0.717, 1.165) is 28.8 Å². The van der Waals surface area contributed by atoms with Crippen LogP contribution in [0.3, 0.4) is 0 Å². The summed E-state index contributed by atoms with van der Waals surface area (Å²) in [5.74, 6) is -0.738. The molecule has 1 aromatic heterocycles. The summed E-state index contributed by atoms with van der Waals surface area (Å²) in [6.07, 6.45) is 2.29. The molecule has 4 aromatic rings. The van der Waals surface area contributed by atoms with E-state index in [4.69, 9.17) is 0 Å². The zero-order chi connectivity index (χ0) is 27.8. The van der Waals surface area contributed by atoms with Gasteiger partial charge in [0.15, 0.2) is 0 Å². The zero-order valence-corrected chi connectivity index (χ0v) is 24.1. The van der Waals surface area contributed by atoms with E-state index < -0.39 is 12.0 Å². The van der Waals surface area contributed by atoms with Crippen LogP contribution in [0.4, 0.5) is 5.00 Å². The maximum absolute atomic E-state index is 13.4. The molecule has 1 amide bonds. The van der Waals surface area contributed by atoms with Gasteiger partial charge in [-0.25, -0.2) is 4.79 Å². The van der Waals surface area contributed by atoms with Gasteiger partial charge < -0.3 is 15.3 Å². The van der Waals surface area contributed by atoms with Crippen molar-refractivity contribution in [2.45, 2.75) is 39.4 Å². The molecular formula is C32H34N2O3S2. The van der Waals surface area contributed by atoms with Crippen molar-refractivity contribution in [3.8, 4) is 11.1 Å².